The molecule has 0 bridgehead atoms. The van der Waals surface area contributed by atoms with Gasteiger partial charge in [-0.05, 0) is 72.0 Å². The quantitative estimate of drug-likeness (QED) is 0.591. The Kier molecular flexibility index (Phi) is 5.50. The maximum absolute atomic E-state index is 13.7. The van der Waals surface area contributed by atoms with E-state index in [-0.39, 0.29) is 23.9 Å². The van der Waals surface area contributed by atoms with Gasteiger partial charge in [0, 0.05) is 5.69 Å². The Morgan fingerprint density at radius 1 is 1.12 bits per heavy atom. The van der Waals surface area contributed by atoms with E-state index >= 15 is 0 Å². The van der Waals surface area contributed by atoms with Crippen molar-refractivity contribution in [3.8, 4) is 6.07 Å². The van der Waals surface area contributed by atoms with E-state index in [1.807, 2.05) is 19.1 Å². The number of aromatic carboxylic acids is 1. The lowest BCUT2D eigenvalue weighted by Gasteiger charge is -2.27. The fourth-order valence-corrected chi connectivity index (χ4v) is 4.07. The summed E-state index contributed by atoms with van der Waals surface area (Å²) in [5.74, 6) is -1.54. The molecule has 1 amide bonds. The second kappa shape index (κ2) is 8.27. The van der Waals surface area contributed by atoms with Gasteiger partial charge in [0.1, 0.15) is 5.82 Å². The van der Waals surface area contributed by atoms with Gasteiger partial charge in [0.15, 0.2) is 0 Å². The molecule has 1 aliphatic carbocycles. The van der Waals surface area contributed by atoms with Crippen molar-refractivity contribution in [2.24, 2.45) is 5.41 Å². The summed E-state index contributed by atoms with van der Waals surface area (Å²) >= 11 is 0. The van der Waals surface area contributed by atoms with E-state index in [4.69, 9.17) is 5.26 Å². The van der Waals surface area contributed by atoms with Crippen LogP contribution in [-0.4, -0.2) is 17.0 Å². The molecular formula is C26H21FN2O3. The molecule has 6 heteroatoms. The van der Waals surface area contributed by atoms with Gasteiger partial charge in [0.25, 0.3) is 0 Å². The number of carboxylic acids is 1. The van der Waals surface area contributed by atoms with E-state index in [0.29, 0.717) is 23.2 Å². The summed E-state index contributed by atoms with van der Waals surface area (Å²) in [4.78, 5) is 26.6. The third-order valence-electron chi connectivity index (χ3n) is 6.07. The van der Waals surface area contributed by atoms with Crippen LogP contribution in [-0.2, 0) is 11.3 Å². The summed E-state index contributed by atoms with van der Waals surface area (Å²) in [5.41, 5.74) is 2.26. The maximum Gasteiger partial charge on any atom is 0.335 e. The Morgan fingerprint density at radius 2 is 1.81 bits per heavy atom. The van der Waals surface area contributed by atoms with Crippen LogP contribution < -0.4 is 4.90 Å². The van der Waals surface area contributed by atoms with Crippen LogP contribution in [0.25, 0.3) is 0 Å². The smallest absolute Gasteiger partial charge is 0.335 e. The van der Waals surface area contributed by atoms with Gasteiger partial charge >= 0.3 is 5.97 Å². The standard InChI is InChI=1S/C26H21FN2O3/c1-26(14-23(26)19-7-5-17(15-28)6-8-19)25(32)29(22-11-9-21(27)10-12-22)16-18-3-2-4-20(13-18)24(30)31/h2-13,23H,14,16H2,1H3,(H,30,31)/t23-,26?/m1/s1. The third kappa shape index (κ3) is 4.10. The molecule has 0 saturated heterocycles. The van der Waals surface area contributed by atoms with Crippen molar-refractivity contribution in [1.29, 1.82) is 5.26 Å². The number of anilines is 1. The minimum atomic E-state index is -1.04. The van der Waals surface area contributed by atoms with Gasteiger partial charge in [0.2, 0.25) is 5.91 Å². The zero-order chi connectivity index (χ0) is 22.9. The molecule has 3 aromatic carbocycles. The van der Waals surface area contributed by atoms with Gasteiger partial charge in [-0.3, -0.25) is 4.79 Å². The second-order valence-corrected chi connectivity index (χ2v) is 8.28. The zero-order valence-electron chi connectivity index (χ0n) is 17.5. The number of hydrogen-bond donors (Lipinski definition) is 1. The maximum atomic E-state index is 13.7. The molecular weight excluding hydrogens is 407 g/mol. The highest BCUT2D eigenvalue weighted by Gasteiger charge is 2.58. The Labute approximate surface area is 185 Å². The van der Waals surface area contributed by atoms with Gasteiger partial charge in [-0.15, -0.1) is 0 Å². The summed E-state index contributed by atoms with van der Waals surface area (Å²) in [5, 5.41) is 18.3. The van der Waals surface area contributed by atoms with E-state index in [2.05, 4.69) is 6.07 Å². The normalized spacial score (nSPS) is 19.1. The molecule has 0 aliphatic heterocycles. The van der Waals surface area contributed by atoms with E-state index in [9.17, 15) is 19.1 Å². The minimum absolute atomic E-state index is 0.0102. The number of benzene rings is 3. The molecule has 160 valence electrons. The van der Waals surface area contributed by atoms with E-state index in [0.717, 1.165) is 5.56 Å². The van der Waals surface area contributed by atoms with E-state index < -0.39 is 17.2 Å². The van der Waals surface area contributed by atoms with Crippen LogP contribution in [0.4, 0.5) is 10.1 Å². The van der Waals surface area contributed by atoms with Crippen LogP contribution in [0, 0.1) is 22.6 Å². The molecule has 3 aromatic rings. The number of carbonyl (C=O) groups is 2. The molecule has 0 aromatic heterocycles. The lowest BCUT2D eigenvalue weighted by molar-refractivity contribution is -0.123. The summed E-state index contributed by atoms with van der Waals surface area (Å²) in [6.07, 6.45) is 0.657. The number of rotatable bonds is 6. The molecule has 0 radical (unpaired) electrons. The first kappa shape index (κ1) is 21.3. The molecule has 1 aliphatic rings. The topological polar surface area (TPSA) is 81.4 Å². The van der Waals surface area contributed by atoms with Crippen LogP contribution >= 0.6 is 0 Å². The van der Waals surface area contributed by atoms with Crippen molar-refractivity contribution in [2.75, 3.05) is 4.90 Å². The highest BCUT2D eigenvalue weighted by molar-refractivity contribution is 6.00. The number of nitriles is 1. The van der Waals surface area contributed by atoms with Crippen molar-refractivity contribution < 1.29 is 19.1 Å². The predicted molar refractivity (Wildman–Crippen MR) is 118 cm³/mol. The average molecular weight is 428 g/mol. The Bertz CT molecular complexity index is 1220. The zero-order valence-corrected chi connectivity index (χ0v) is 17.5. The molecule has 0 heterocycles. The van der Waals surface area contributed by atoms with Gasteiger partial charge in [-0.2, -0.15) is 5.26 Å². The number of amides is 1. The van der Waals surface area contributed by atoms with Gasteiger partial charge in [-0.1, -0.05) is 31.2 Å². The van der Waals surface area contributed by atoms with Crippen molar-refractivity contribution >= 4 is 17.6 Å². The summed E-state index contributed by atoms with van der Waals surface area (Å²) in [7, 11) is 0. The van der Waals surface area contributed by atoms with Crippen LogP contribution in [0.15, 0.2) is 72.8 Å². The van der Waals surface area contributed by atoms with Crippen molar-refractivity contribution in [3.05, 3.63) is 101 Å². The van der Waals surface area contributed by atoms with Gasteiger partial charge in [0.05, 0.1) is 29.2 Å². The Balaban J connectivity index is 1.64. The molecule has 2 atom stereocenters. The van der Waals surface area contributed by atoms with Gasteiger partial charge in [-0.25, -0.2) is 9.18 Å². The van der Waals surface area contributed by atoms with Crippen LogP contribution in [0.2, 0.25) is 0 Å². The fraction of sp³-hybridized carbons (Fsp3) is 0.192. The molecule has 32 heavy (non-hydrogen) atoms. The number of halogens is 1. The largest absolute Gasteiger partial charge is 0.478 e. The average Bonchev–Trinajstić information content (AvgIpc) is 3.50. The molecule has 1 saturated carbocycles. The van der Waals surface area contributed by atoms with Crippen LogP contribution in [0.3, 0.4) is 0 Å². The van der Waals surface area contributed by atoms with Gasteiger partial charge < -0.3 is 10.0 Å². The summed E-state index contributed by atoms with van der Waals surface area (Å²) < 4.78 is 13.5. The monoisotopic (exact) mass is 428 g/mol. The number of nitrogens with zero attached hydrogens (tertiary/aromatic N) is 2. The second-order valence-electron chi connectivity index (χ2n) is 8.28. The molecule has 5 nitrogen and oxygen atoms in total. The number of carbonyl (C=O) groups excluding carboxylic acids is 1. The first-order valence-corrected chi connectivity index (χ1v) is 10.2. The third-order valence-corrected chi connectivity index (χ3v) is 6.07. The van der Waals surface area contributed by atoms with Crippen LogP contribution in [0.5, 0.6) is 0 Å². The van der Waals surface area contributed by atoms with E-state index in [1.54, 1.807) is 47.4 Å². The van der Waals surface area contributed by atoms with Crippen molar-refractivity contribution in [1.82, 2.24) is 0 Å². The molecule has 1 fully saturated rings. The van der Waals surface area contributed by atoms with Crippen LogP contribution in [0.1, 0.15) is 46.3 Å². The first-order chi connectivity index (χ1) is 15.3. The van der Waals surface area contributed by atoms with E-state index in [1.165, 1.54) is 18.2 Å². The molecule has 1 unspecified atom stereocenters. The molecule has 0 spiro atoms. The lowest BCUT2D eigenvalue weighted by Crippen LogP contribution is -2.36. The molecule has 1 N–H and O–H groups in total. The number of hydrogen-bond acceptors (Lipinski definition) is 3. The predicted octanol–water partition coefficient (Wildman–Crippen LogP) is 5.12. The Hall–Kier alpha value is -3.98. The highest BCUT2D eigenvalue weighted by atomic mass is 19.1. The summed E-state index contributed by atoms with van der Waals surface area (Å²) in [6.45, 7) is 2.07. The lowest BCUT2D eigenvalue weighted by atomic mass is 9.98. The first-order valence-electron chi connectivity index (χ1n) is 10.2. The molecule has 4 rings (SSSR count). The van der Waals surface area contributed by atoms with Crippen molar-refractivity contribution in [2.45, 2.75) is 25.8 Å². The SMILES string of the molecule is CC1(C(=O)N(Cc2cccc(C(=O)O)c2)c2ccc(F)cc2)C[C@@H]1c1ccc(C#N)cc1. The highest BCUT2D eigenvalue weighted by Crippen LogP contribution is 2.60. The Morgan fingerprint density at radius 3 is 2.44 bits per heavy atom. The number of carboxylic acid groups (broad SMARTS) is 1. The van der Waals surface area contributed by atoms with Crippen molar-refractivity contribution in [3.63, 3.8) is 0 Å². The summed E-state index contributed by atoms with van der Waals surface area (Å²) in [6, 6.07) is 21.5. The minimum Gasteiger partial charge on any atom is -0.478 e. The fourth-order valence-electron chi connectivity index (χ4n) is 4.07.